The molecule has 2 aliphatic heterocycles. The van der Waals surface area contributed by atoms with Crippen LogP contribution in [0.25, 0.3) is 0 Å². The first kappa shape index (κ1) is 14.1. The molecule has 0 aromatic heterocycles. The maximum Gasteiger partial charge on any atom is 0.249 e. The van der Waals surface area contributed by atoms with Crippen molar-refractivity contribution >= 4 is 17.5 Å². The number of rotatable bonds is 4. The van der Waals surface area contributed by atoms with Crippen LogP contribution in [0.3, 0.4) is 0 Å². The molecular weight excluding hydrogens is 268 g/mol. The lowest BCUT2D eigenvalue weighted by molar-refractivity contribution is -0.130. The zero-order valence-corrected chi connectivity index (χ0v) is 12.0. The molecular formula is C16H20N2O3. The van der Waals surface area contributed by atoms with Crippen LogP contribution >= 0.6 is 0 Å². The molecule has 0 aliphatic carbocycles. The molecule has 1 aromatic rings. The zero-order valence-electron chi connectivity index (χ0n) is 12.0. The van der Waals surface area contributed by atoms with E-state index in [0.29, 0.717) is 26.1 Å². The molecule has 1 fully saturated rings. The average molecular weight is 288 g/mol. The number of anilines is 1. The van der Waals surface area contributed by atoms with Crippen LogP contribution in [0, 0.1) is 0 Å². The minimum absolute atomic E-state index is 0.0646. The molecule has 1 aromatic carbocycles. The molecule has 1 unspecified atom stereocenters. The summed E-state index contributed by atoms with van der Waals surface area (Å²) < 4.78 is 5.34. The number of hydrogen-bond donors (Lipinski definition) is 1. The second-order valence-electron chi connectivity index (χ2n) is 5.47. The van der Waals surface area contributed by atoms with E-state index < -0.39 is 0 Å². The summed E-state index contributed by atoms with van der Waals surface area (Å²) in [7, 11) is 0. The van der Waals surface area contributed by atoms with Gasteiger partial charge in [0.15, 0.2) is 0 Å². The van der Waals surface area contributed by atoms with E-state index in [1.807, 2.05) is 18.2 Å². The standard InChI is InChI=1S/C16H20N2O3/c19-15-8-7-12-4-1-2-5-13(12)18(15)10-9-17-16(20)14-6-3-11-21-14/h1-2,4-5,14H,3,6-11H2,(H,17,20). The minimum atomic E-state index is -0.311. The molecule has 0 saturated carbocycles. The highest BCUT2D eigenvalue weighted by Gasteiger charge is 2.25. The number of fused-ring (bicyclic) bond motifs is 1. The van der Waals surface area contributed by atoms with Crippen LogP contribution in [-0.4, -0.2) is 37.6 Å². The van der Waals surface area contributed by atoms with Gasteiger partial charge in [-0.2, -0.15) is 0 Å². The molecule has 21 heavy (non-hydrogen) atoms. The van der Waals surface area contributed by atoms with Gasteiger partial charge in [0.2, 0.25) is 11.8 Å². The summed E-state index contributed by atoms with van der Waals surface area (Å²) in [4.78, 5) is 25.7. The van der Waals surface area contributed by atoms with Gasteiger partial charge < -0.3 is 15.0 Å². The van der Waals surface area contributed by atoms with Gasteiger partial charge in [0, 0.05) is 31.8 Å². The van der Waals surface area contributed by atoms with E-state index in [1.54, 1.807) is 4.90 Å². The van der Waals surface area contributed by atoms with Gasteiger partial charge >= 0.3 is 0 Å². The second kappa shape index (κ2) is 6.26. The topological polar surface area (TPSA) is 58.6 Å². The van der Waals surface area contributed by atoms with Crippen molar-refractivity contribution in [3.63, 3.8) is 0 Å². The summed E-state index contributed by atoms with van der Waals surface area (Å²) >= 11 is 0. The molecule has 5 heteroatoms. The zero-order chi connectivity index (χ0) is 14.7. The van der Waals surface area contributed by atoms with Crippen LogP contribution in [0.4, 0.5) is 5.69 Å². The van der Waals surface area contributed by atoms with Gasteiger partial charge in [-0.1, -0.05) is 18.2 Å². The first-order valence-electron chi connectivity index (χ1n) is 7.53. The molecule has 1 N–H and O–H groups in total. The van der Waals surface area contributed by atoms with Gasteiger partial charge in [-0.15, -0.1) is 0 Å². The van der Waals surface area contributed by atoms with Crippen molar-refractivity contribution in [1.29, 1.82) is 0 Å². The Balaban J connectivity index is 1.57. The number of para-hydroxylation sites is 1. The fourth-order valence-electron chi connectivity index (χ4n) is 2.93. The number of carbonyl (C=O) groups excluding carboxylic acids is 2. The van der Waals surface area contributed by atoms with E-state index in [4.69, 9.17) is 4.74 Å². The number of nitrogens with zero attached hydrogens (tertiary/aromatic N) is 1. The van der Waals surface area contributed by atoms with Crippen LogP contribution < -0.4 is 10.2 Å². The molecule has 2 amide bonds. The Hall–Kier alpha value is -1.88. The highest BCUT2D eigenvalue weighted by molar-refractivity contribution is 5.96. The van der Waals surface area contributed by atoms with Gasteiger partial charge in [0.1, 0.15) is 6.10 Å². The largest absolute Gasteiger partial charge is 0.368 e. The number of hydrogen-bond acceptors (Lipinski definition) is 3. The molecule has 0 bridgehead atoms. The van der Waals surface area contributed by atoms with Gasteiger partial charge in [-0.25, -0.2) is 0 Å². The highest BCUT2D eigenvalue weighted by atomic mass is 16.5. The lowest BCUT2D eigenvalue weighted by Crippen LogP contribution is -2.43. The Labute approximate surface area is 124 Å². The number of nitrogens with one attached hydrogen (secondary N) is 1. The van der Waals surface area contributed by atoms with E-state index in [2.05, 4.69) is 11.4 Å². The molecule has 1 atom stereocenters. The summed E-state index contributed by atoms with van der Waals surface area (Å²) in [5.41, 5.74) is 2.17. The molecule has 2 heterocycles. The third-order valence-electron chi connectivity index (χ3n) is 4.05. The summed E-state index contributed by atoms with van der Waals surface area (Å²) in [5, 5.41) is 2.87. The fourth-order valence-corrected chi connectivity index (χ4v) is 2.93. The van der Waals surface area contributed by atoms with Crippen molar-refractivity contribution in [1.82, 2.24) is 5.32 Å². The third-order valence-corrected chi connectivity index (χ3v) is 4.05. The van der Waals surface area contributed by atoms with E-state index in [1.165, 1.54) is 5.56 Å². The second-order valence-corrected chi connectivity index (χ2v) is 5.47. The monoisotopic (exact) mass is 288 g/mol. The molecule has 2 aliphatic rings. The maximum atomic E-state index is 12.1. The Kier molecular flexibility index (Phi) is 4.20. The minimum Gasteiger partial charge on any atom is -0.368 e. The smallest absolute Gasteiger partial charge is 0.249 e. The molecule has 0 spiro atoms. The lowest BCUT2D eigenvalue weighted by atomic mass is 10.0. The van der Waals surface area contributed by atoms with Gasteiger partial charge in [-0.3, -0.25) is 9.59 Å². The lowest BCUT2D eigenvalue weighted by Gasteiger charge is -2.29. The Bertz CT molecular complexity index is 538. The van der Waals surface area contributed by atoms with Crippen molar-refractivity contribution in [2.45, 2.75) is 31.8 Å². The van der Waals surface area contributed by atoms with Gasteiger partial charge in [0.25, 0.3) is 0 Å². The van der Waals surface area contributed by atoms with Crippen molar-refractivity contribution in [2.24, 2.45) is 0 Å². The number of ether oxygens (including phenoxy) is 1. The Morgan fingerprint density at radius 1 is 1.33 bits per heavy atom. The summed E-state index contributed by atoms with van der Waals surface area (Å²) in [6.07, 6.45) is 2.76. The average Bonchev–Trinajstić information content (AvgIpc) is 3.04. The van der Waals surface area contributed by atoms with Crippen LogP contribution in [0.5, 0.6) is 0 Å². The number of amides is 2. The van der Waals surface area contributed by atoms with Crippen LogP contribution in [0.2, 0.25) is 0 Å². The Morgan fingerprint density at radius 3 is 3.00 bits per heavy atom. The maximum absolute atomic E-state index is 12.1. The predicted molar refractivity (Wildman–Crippen MR) is 79.1 cm³/mol. The van der Waals surface area contributed by atoms with E-state index >= 15 is 0 Å². The summed E-state index contributed by atoms with van der Waals surface area (Å²) in [6.45, 7) is 1.63. The van der Waals surface area contributed by atoms with Crippen molar-refractivity contribution in [3.8, 4) is 0 Å². The SMILES string of the molecule is O=C(NCCN1C(=O)CCc2ccccc21)C1CCCO1. The molecule has 1 saturated heterocycles. The highest BCUT2D eigenvalue weighted by Crippen LogP contribution is 2.26. The quantitative estimate of drug-likeness (QED) is 0.907. The molecule has 3 rings (SSSR count). The number of benzene rings is 1. The van der Waals surface area contributed by atoms with Crippen LogP contribution in [0.1, 0.15) is 24.8 Å². The third kappa shape index (κ3) is 3.08. The summed E-state index contributed by atoms with van der Waals surface area (Å²) in [5.74, 6) is 0.0605. The molecule has 0 radical (unpaired) electrons. The first-order valence-corrected chi connectivity index (χ1v) is 7.53. The van der Waals surface area contributed by atoms with Gasteiger partial charge in [-0.05, 0) is 30.9 Å². The van der Waals surface area contributed by atoms with Crippen molar-refractivity contribution in [3.05, 3.63) is 29.8 Å². The van der Waals surface area contributed by atoms with Crippen LogP contribution in [0.15, 0.2) is 24.3 Å². The van der Waals surface area contributed by atoms with E-state index in [9.17, 15) is 9.59 Å². The fraction of sp³-hybridized carbons (Fsp3) is 0.500. The van der Waals surface area contributed by atoms with E-state index in [-0.39, 0.29) is 17.9 Å². The predicted octanol–water partition coefficient (Wildman–Crippen LogP) is 1.26. The van der Waals surface area contributed by atoms with Gasteiger partial charge in [0.05, 0.1) is 0 Å². The van der Waals surface area contributed by atoms with E-state index in [0.717, 1.165) is 24.9 Å². The number of aryl methyl sites for hydroxylation is 1. The normalized spacial score (nSPS) is 21.2. The van der Waals surface area contributed by atoms with Crippen molar-refractivity contribution < 1.29 is 14.3 Å². The van der Waals surface area contributed by atoms with Crippen molar-refractivity contribution in [2.75, 3.05) is 24.6 Å². The number of carbonyl (C=O) groups is 2. The summed E-state index contributed by atoms with van der Waals surface area (Å²) in [6, 6.07) is 7.95. The first-order chi connectivity index (χ1) is 10.3. The van der Waals surface area contributed by atoms with Crippen LogP contribution in [-0.2, 0) is 20.7 Å². The molecule has 5 nitrogen and oxygen atoms in total. The molecule has 112 valence electrons. The Morgan fingerprint density at radius 2 is 2.19 bits per heavy atom.